The molecule has 11 aromatic carbocycles. The quantitative estimate of drug-likeness (QED) is 0.132. The first-order valence-electron chi connectivity index (χ1n) is 30.3. The molecule has 4 unspecified atom stereocenters. The molecule has 1 spiro atoms. The van der Waals surface area contributed by atoms with Crippen LogP contribution in [0, 0.1) is 22.7 Å². The van der Waals surface area contributed by atoms with Gasteiger partial charge in [0.2, 0.25) is 0 Å². The van der Waals surface area contributed by atoms with E-state index in [1.165, 1.54) is 123 Å². The normalized spacial score (nSPS) is 16.4. The Kier molecular flexibility index (Phi) is 12.4. The van der Waals surface area contributed by atoms with Crippen LogP contribution in [-0.4, -0.2) is 0 Å². The van der Waals surface area contributed by atoms with E-state index in [4.69, 9.17) is 0 Å². The topological polar surface area (TPSA) is 3.24 Å². The van der Waals surface area contributed by atoms with E-state index in [0.717, 1.165) is 17.1 Å². The van der Waals surface area contributed by atoms with Gasteiger partial charge in [-0.1, -0.05) is 269 Å². The second kappa shape index (κ2) is 19.6. The maximum Gasteiger partial charge on any atom is 0.0725 e. The minimum Gasteiger partial charge on any atom is -0.310 e. The highest BCUT2D eigenvalue weighted by molar-refractivity contribution is 6.07. The molecule has 11 aromatic rings. The summed E-state index contributed by atoms with van der Waals surface area (Å²) in [6, 6.07) is 92.7. The Labute approximate surface area is 493 Å². The van der Waals surface area contributed by atoms with Crippen molar-refractivity contribution in [1.29, 1.82) is 0 Å². The number of nitrogens with zero attached hydrogens (tertiary/aromatic N) is 1. The van der Waals surface area contributed by atoms with Gasteiger partial charge >= 0.3 is 0 Å². The first-order chi connectivity index (χ1) is 40.0. The Morgan fingerprint density at radius 2 is 0.795 bits per heavy atom. The molecule has 3 aliphatic rings. The van der Waals surface area contributed by atoms with Gasteiger partial charge in [0.25, 0.3) is 0 Å². The van der Waals surface area contributed by atoms with E-state index in [9.17, 15) is 0 Å². The van der Waals surface area contributed by atoms with Crippen LogP contribution in [0.1, 0.15) is 121 Å². The molecule has 0 aliphatic heterocycles. The van der Waals surface area contributed by atoms with E-state index in [0.29, 0.717) is 17.8 Å². The van der Waals surface area contributed by atoms with Gasteiger partial charge in [0.05, 0.1) is 11.1 Å². The zero-order valence-electron chi connectivity index (χ0n) is 50.0. The Bertz CT molecular complexity index is 4300. The third-order valence-electron chi connectivity index (χ3n) is 20.3. The minimum atomic E-state index is -0.514. The monoisotopic (exact) mass is 1070 g/mol. The number of anilines is 3. The van der Waals surface area contributed by atoms with Crippen molar-refractivity contribution in [2.45, 2.75) is 92.4 Å². The molecule has 0 saturated carbocycles. The number of rotatable bonds is 10. The van der Waals surface area contributed by atoms with Gasteiger partial charge in [0, 0.05) is 22.2 Å². The molecule has 0 amide bonds. The van der Waals surface area contributed by atoms with Gasteiger partial charge in [-0.3, -0.25) is 0 Å². The minimum absolute atomic E-state index is 0.145. The maximum absolute atomic E-state index is 2.56. The SMILES string of the molecule is CC(CC(c1ccc(-c2ccc3c(c2)C2(c4ccccc4-3)c3ccccc3-c3ccc(-c4ccc(N(c5ccc(-c6ccccc6)cc5)c5ccc6c(c5)C(C)(C)c5ccccc5-6)c5ccccc45)cc32)cc1)C(C)C(C)(C)C)C(C)(C)C. The molecule has 0 bridgehead atoms. The summed E-state index contributed by atoms with van der Waals surface area (Å²) in [5.74, 6) is 1.59. The first-order valence-corrected chi connectivity index (χ1v) is 30.3. The van der Waals surface area contributed by atoms with Crippen molar-refractivity contribution < 1.29 is 0 Å². The van der Waals surface area contributed by atoms with Crippen molar-refractivity contribution in [2.24, 2.45) is 22.7 Å². The molecule has 0 N–H and O–H groups in total. The predicted molar refractivity (Wildman–Crippen MR) is 353 cm³/mol. The summed E-state index contributed by atoms with van der Waals surface area (Å²) >= 11 is 0. The van der Waals surface area contributed by atoms with E-state index in [2.05, 4.69) is 317 Å². The second-order valence-corrected chi connectivity index (χ2v) is 27.1. The fourth-order valence-corrected chi connectivity index (χ4v) is 14.8. The summed E-state index contributed by atoms with van der Waals surface area (Å²) in [4.78, 5) is 2.49. The lowest BCUT2D eigenvalue weighted by Gasteiger charge is -2.39. The largest absolute Gasteiger partial charge is 0.310 e. The number of benzene rings is 11. The van der Waals surface area contributed by atoms with Gasteiger partial charge < -0.3 is 4.90 Å². The van der Waals surface area contributed by atoms with Crippen LogP contribution in [-0.2, 0) is 10.8 Å². The van der Waals surface area contributed by atoms with Gasteiger partial charge in [-0.2, -0.15) is 0 Å². The fourth-order valence-electron chi connectivity index (χ4n) is 14.8. The number of fused-ring (bicyclic) bond motifs is 14. The summed E-state index contributed by atoms with van der Waals surface area (Å²) in [6.45, 7) is 24.1. The molecule has 408 valence electrons. The van der Waals surface area contributed by atoms with Crippen LogP contribution < -0.4 is 4.90 Å². The smallest absolute Gasteiger partial charge is 0.0725 e. The highest BCUT2D eigenvalue weighted by Gasteiger charge is 2.52. The van der Waals surface area contributed by atoms with E-state index < -0.39 is 5.41 Å². The third-order valence-corrected chi connectivity index (χ3v) is 20.3. The van der Waals surface area contributed by atoms with Gasteiger partial charge in [-0.25, -0.2) is 0 Å². The average molecular weight is 1070 g/mol. The van der Waals surface area contributed by atoms with E-state index in [-0.39, 0.29) is 16.2 Å². The van der Waals surface area contributed by atoms with Gasteiger partial charge in [0.1, 0.15) is 0 Å². The molecule has 1 nitrogen and oxygen atoms in total. The van der Waals surface area contributed by atoms with Crippen molar-refractivity contribution in [3.63, 3.8) is 0 Å². The fraction of sp³-hybridized carbons (Fsp3) is 0.220. The van der Waals surface area contributed by atoms with E-state index in [1.807, 2.05) is 0 Å². The van der Waals surface area contributed by atoms with Crippen LogP contribution in [0.15, 0.2) is 243 Å². The summed E-state index contributed by atoms with van der Waals surface area (Å²) < 4.78 is 0. The highest BCUT2D eigenvalue weighted by atomic mass is 15.1. The van der Waals surface area contributed by atoms with Crippen LogP contribution in [0.3, 0.4) is 0 Å². The van der Waals surface area contributed by atoms with Crippen LogP contribution in [0.25, 0.3) is 77.5 Å². The first kappa shape index (κ1) is 52.5. The third kappa shape index (κ3) is 8.39. The summed E-state index contributed by atoms with van der Waals surface area (Å²) in [6.07, 6.45) is 1.17. The standard InChI is InChI=1S/C82H75N/c1-52(79(3,4)5)48-71(53(2)80(6,7)8)57-34-32-56(33-35-57)58-38-43-68-65-26-17-20-30-73(65)82(76(68)49-58)74-31-21-18-27-66(74)69-44-39-59(50-77(69)82)62-46-47-78(70-28-15-14-24-63(62)70)83(60-40-36-55(37-41-60)54-22-12-11-13-23-54)61-42-45-67-64-25-16-19-29-72(64)81(9,10)75(67)51-61/h11-47,49-53,71H,48H2,1-10H3. The second-order valence-electron chi connectivity index (χ2n) is 27.1. The Morgan fingerprint density at radius 3 is 1.42 bits per heavy atom. The molecule has 0 saturated heterocycles. The molecule has 3 aliphatic carbocycles. The van der Waals surface area contributed by atoms with Crippen molar-refractivity contribution in [2.75, 3.05) is 4.90 Å². The number of hydrogen-bond donors (Lipinski definition) is 0. The molecule has 0 radical (unpaired) electrons. The van der Waals surface area contributed by atoms with Gasteiger partial charge in [-0.05, 0) is 189 Å². The van der Waals surface area contributed by atoms with Crippen molar-refractivity contribution in [1.82, 2.24) is 0 Å². The summed E-state index contributed by atoms with van der Waals surface area (Å²) in [5.41, 5.74) is 28.0. The zero-order valence-corrected chi connectivity index (χ0v) is 50.0. The molecule has 4 atom stereocenters. The predicted octanol–water partition coefficient (Wildman–Crippen LogP) is 22.8. The summed E-state index contributed by atoms with van der Waals surface area (Å²) in [5, 5.41) is 2.42. The van der Waals surface area contributed by atoms with Crippen molar-refractivity contribution >= 4 is 27.8 Å². The summed E-state index contributed by atoms with van der Waals surface area (Å²) in [7, 11) is 0. The average Bonchev–Trinajstić information content (AvgIpc) is 1.57. The van der Waals surface area contributed by atoms with Crippen LogP contribution in [0.4, 0.5) is 17.1 Å². The molecular weight excluding hydrogens is 999 g/mol. The number of hydrogen-bond acceptors (Lipinski definition) is 1. The lowest BCUT2D eigenvalue weighted by Crippen LogP contribution is -2.28. The maximum atomic E-state index is 2.56. The van der Waals surface area contributed by atoms with Gasteiger partial charge in [0.15, 0.2) is 0 Å². The molecular formula is C82H75N. The Balaban J connectivity index is 0.904. The molecule has 0 fully saturated rings. The Morgan fingerprint density at radius 1 is 0.349 bits per heavy atom. The lowest BCUT2D eigenvalue weighted by atomic mass is 9.66. The lowest BCUT2D eigenvalue weighted by molar-refractivity contribution is 0.163. The van der Waals surface area contributed by atoms with Crippen LogP contribution in [0.5, 0.6) is 0 Å². The molecule has 1 heteroatoms. The van der Waals surface area contributed by atoms with Crippen LogP contribution in [0.2, 0.25) is 0 Å². The Hall–Kier alpha value is -8.52. The van der Waals surface area contributed by atoms with E-state index >= 15 is 0 Å². The van der Waals surface area contributed by atoms with E-state index in [1.54, 1.807) is 0 Å². The molecule has 83 heavy (non-hydrogen) atoms. The molecule has 0 heterocycles. The molecule has 0 aromatic heterocycles. The van der Waals surface area contributed by atoms with Crippen molar-refractivity contribution in [3.8, 4) is 66.8 Å². The molecule has 14 rings (SSSR count). The highest BCUT2D eigenvalue weighted by Crippen LogP contribution is 2.64. The zero-order chi connectivity index (χ0) is 57.2. The van der Waals surface area contributed by atoms with Crippen molar-refractivity contribution in [3.05, 3.63) is 282 Å². The van der Waals surface area contributed by atoms with Crippen LogP contribution >= 0.6 is 0 Å². The van der Waals surface area contributed by atoms with Gasteiger partial charge in [-0.15, -0.1) is 0 Å².